The van der Waals surface area contributed by atoms with Crippen molar-refractivity contribution in [2.45, 2.75) is 51.1 Å². The van der Waals surface area contributed by atoms with Crippen LogP contribution in [0.4, 0.5) is 14.6 Å². The van der Waals surface area contributed by atoms with Gasteiger partial charge in [-0.2, -0.15) is 8.42 Å². The molecule has 2 amide bonds. The number of hydrogen-bond donors (Lipinski definition) is 0. The lowest BCUT2D eigenvalue weighted by molar-refractivity contribution is -0.117. The quantitative estimate of drug-likeness (QED) is 0.701. The van der Waals surface area contributed by atoms with Crippen LogP contribution >= 0.6 is 0 Å². The number of hydrogen-bond acceptors (Lipinski definition) is 7. The predicted octanol–water partition coefficient (Wildman–Crippen LogP) is 1.13. The van der Waals surface area contributed by atoms with Crippen LogP contribution in [0.5, 0.6) is 0 Å². The maximum atomic E-state index is 13.1. The highest BCUT2D eigenvalue weighted by Gasteiger charge is 2.40. The number of amides is 2. The zero-order valence-corrected chi connectivity index (χ0v) is 15.4. The molecule has 3 heterocycles. The van der Waals surface area contributed by atoms with Crippen molar-refractivity contribution in [3.63, 3.8) is 0 Å². The Balaban J connectivity index is 1.75. The summed E-state index contributed by atoms with van der Waals surface area (Å²) < 4.78 is 40.5. The van der Waals surface area contributed by atoms with Gasteiger partial charge in [-0.25, -0.2) is 14.8 Å². The Labute approximate surface area is 150 Å². The first kappa shape index (κ1) is 18.5. The molecule has 142 valence electrons. The summed E-state index contributed by atoms with van der Waals surface area (Å²) >= 11 is 0. The van der Waals surface area contributed by atoms with Gasteiger partial charge in [0.15, 0.2) is 0 Å². The molecule has 0 spiro atoms. The SMILES string of the molecule is CC(C)(C)OC(=O)N1Cc2cnc(N3CC(S(=O)(=O)F)CC3=O)nc2C1. The molecule has 1 fully saturated rings. The Kier molecular flexibility index (Phi) is 4.37. The van der Waals surface area contributed by atoms with Crippen LogP contribution in [0, 0.1) is 0 Å². The molecular formula is C15H19FN4O5S. The van der Waals surface area contributed by atoms with E-state index in [0.717, 1.165) is 4.90 Å². The van der Waals surface area contributed by atoms with E-state index in [1.165, 1.54) is 11.1 Å². The second-order valence-electron chi connectivity index (χ2n) is 7.28. The minimum absolute atomic E-state index is 0.00550. The average Bonchev–Trinajstić information content (AvgIpc) is 3.07. The fraction of sp³-hybridized carbons (Fsp3) is 0.600. The summed E-state index contributed by atoms with van der Waals surface area (Å²) in [6.07, 6.45) is 0.550. The number of aromatic nitrogens is 2. The minimum atomic E-state index is -4.81. The third kappa shape index (κ3) is 3.76. The van der Waals surface area contributed by atoms with E-state index in [2.05, 4.69) is 9.97 Å². The molecule has 0 bridgehead atoms. The molecule has 11 heteroatoms. The van der Waals surface area contributed by atoms with Crippen molar-refractivity contribution in [2.24, 2.45) is 0 Å². The highest BCUT2D eigenvalue weighted by Crippen LogP contribution is 2.27. The van der Waals surface area contributed by atoms with Gasteiger partial charge in [0.05, 0.1) is 18.8 Å². The zero-order chi connectivity index (χ0) is 19.3. The zero-order valence-electron chi connectivity index (χ0n) is 14.6. The van der Waals surface area contributed by atoms with Crippen molar-refractivity contribution < 1.29 is 26.6 Å². The van der Waals surface area contributed by atoms with Crippen molar-refractivity contribution in [3.05, 3.63) is 17.5 Å². The normalized spacial score (nSPS) is 20.5. The van der Waals surface area contributed by atoms with Crippen LogP contribution in [-0.4, -0.2) is 52.7 Å². The maximum Gasteiger partial charge on any atom is 0.410 e. The van der Waals surface area contributed by atoms with Crippen LogP contribution in [0.2, 0.25) is 0 Å². The number of ether oxygens (including phenoxy) is 1. The van der Waals surface area contributed by atoms with Gasteiger partial charge in [0, 0.05) is 24.7 Å². The van der Waals surface area contributed by atoms with Gasteiger partial charge in [0.2, 0.25) is 11.9 Å². The second-order valence-corrected chi connectivity index (χ2v) is 8.90. The minimum Gasteiger partial charge on any atom is -0.444 e. The van der Waals surface area contributed by atoms with Gasteiger partial charge in [-0.1, -0.05) is 0 Å². The van der Waals surface area contributed by atoms with E-state index in [9.17, 15) is 21.9 Å². The van der Waals surface area contributed by atoms with E-state index in [4.69, 9.17) is 4.74 Å². The Hall–Kier alpha value is -2.30. The molecule has 2 aliphatic heterocycles. The summed E-state index contributed by atoms with van der Waals surface area (Å²) in [4.78, 5) is 35.0. The van der Waals surface area contributed by atoms with E-state index in [1.54, 1.807) is 20.8 Å². The van der Waals surface area contributed by atoms with E-state index in [-0.39, 0.29) is 25.6 Å². The lowest BCUT2D eigenvalue weighted by Crippen LogP contribution is -2.33. The topological polar surface area (TPSA) is 110 Å². The highest BCUT2D eigenvalue weighted by molar-refractivity contribution is 7.87. The standard InChI is InChI=1S/C15H19FN4O5S/c1-15(2,3)25-14(22)19-6-9-5-17-13(18-11(9)8-19)20-7-10(4-12(20)21)26(16,23)24/h5,10H,4,6-8H2,1-3H3. The van der Waals surface area contributed by atoms with Crippen molar-refractivity contribution in [2.75, 3.05) is 11.4 Å². The van der Waals surface area contributed by atoms with Crippen LogP contribution < -0.4 is 4.90 Å². The van der Waals surface area contributed by atoms with Crippen LogP contribution in [-0.2, 0) is 32.8 Å². The first-order chi connectivity index (χ1) is 11.9. The fourth-order valence-electron chi connectivity index (χ4n) is 2.79. The molecule has 26 heavy (non-hydrogen) atoms. The number of carbonyl (C=O) groups is 2. The molecule has 1 aromatic heterocycles. The van der Waals surface area contributed by atoms with Gasteiger partial charge in [0.1, 0.15) is 10.9 Å². The third-order valence-electron chi connectivity index (χ3n) is 4.02. The first-order valence-corrected chi connectivity index (χ1v) is 9.45. The van der Waals surface area contributed by atoms with Gasteiger partial charge < -0.3 is 4.74 Å². The fourth-order valence-corrected chi connectivity index (χ4v) is 3.45. The first-order valence-electron chi connectivity index (χ1n) is 8.00. The van der Waals surface area contributed by atoms with E-state index in [0.29, 0.717) is 11.3 Å². The van der Waals surface area contributed by atoms with E-state index < -0.39 is 39.5 Å². The molecule has 0 N–H and O–H groups in total. The summed E-state index contributed by atoms with van der Waals surface area (Å²) in [6.45, 7) is 5.43. The van der Waals surface area contributed by atoms with Crippen LogP contribution in [0.1, 0.15) is 38.4 Å². The van der Waals surface area contributed by atoms with Gasteiger partial charge in [-0.15, -0.1) is 3.89 Å². The van der Waals surface area contributed by atoms with Gasteiger partial charge >= 0.3 is 16.3 Å². The van der Waals surface area contributed by atoms with Crippen molar-refractivity contribution >= 4 is 28.2 Å². The second kappa shape index (κ2) is 6.15. The molecule has 9 nitrogen and oxygen atoms in total. The molecule has 3 rings (SSSR count). The Morgan fingerprint density at radius 2 is 2.04 bits per heavy atom. The molecule has 0 aliphatic carbocycles. The number of fused-ring (bicyclic) bond motifs is 1. The van der Waals surface area contributed by atoms with Crippen LogP contribution in [0.25, 0.3) is 0 Å². The molecule has 1 saturated heterocycles. The van der Waals surface area contributed by atoms with Gasteiger partial charge in [-0.3, -0.25) is 14.6 Å². The van der Waals surface area contributed by atoms with Gasteiger partial charge in [-0.05, 0) is 20.8 Å². The lowest BCUT2D eigenvalue weighted by Gasteiger charge is -2.23. The Bertz CT molecular complexity index is 867. The molecule has 2 aliphatic rings. The monoisotopic (exact) mass is 386 g/mol. The van der Waals surface area contributed by atoms with Crippen molar-refractivity contribution in [1.82, 2.24) is 14.9 Å². The van der Waals surface area contributed by atoms with Crippen molar-refractivity contribution in [1.29, 1.82) is 0 Å². The number of rotatable bonds is 2. The molecular weight excluding hydrogens is 367 g/mol. The van der Waals surface area contributed by atoms with E-state index >= 15 is 0 Å². The molecule has 1 unspecified atom stereocenters. The highest BCUT2D eigenvalue weighted by atomic mass is 32.3. The van der Waals surface area contributed by atoms with Crippen molar-refractivity contribution in [3.8, 4) is 0 Å². The summed E-state index contributed by atoms with van der Waals surface area (Å²) in [7, 11) is -4.81. The number of halogens is 1. The molecule has 0 radical (unpaired) electrons. The maximum absolute atomic E-state index is 13.1. The Morgan fingerprint density at radius 1 is 1.35 bits per heavy atom. The Morgan fingerprint density at radius 3 is 2.62 bits per heavy atom. The number of carbonyl (C=O) groups excluding carboxylic acids is 2. The number of nitrogens with zero attached hydrogens (tertiary/aromatic N) is 4. The smallest absolute Gasteiger partial charge is 0.410 e. The van der Waals surface area contributed by atoms with Crippen LogP contribution in [0.3, 0.4) is 0 Å². The molecule has 0 aromatic carbocycles. The lowest BCUT2D eigenvalue weighted by atomic mass is 10.2. The van der Waals surface area contributed by atoms with Gasteiger partial charge in [0.25, 0.3) is 0 Å². The predicted molar refractivity (Wildman–Crippen MR) is 88.3 cm³/mol. The molecule has 1 atom stereocenters. The number of anilines is 1. The summed E-state index contributed by atoms with van der Waals surface area (Å²) in [5.41, 5.74) is 0.624. The third-order valence-corrected chi connectivity index (χ3v) is 5.14. The average molecular weight is 386 g/mol. The van der Waals surface area contributed by atoms with Crippen LogP contribution in [0.15, 0.2) is 6.20 Å². The van der Waals surface area contributed by atoms with E-state index in [1.807, 2.05) is 0 Å². The summed E-state index contributed by atoms with van der Waals surface area (Å²) in [5.74, 6) is -0.552. The summed E-state index contributed by atoms with van der Waals surface area (Å²) in [5, 5.41) is -1.41. The molecule has 1 aromatic rings. The molecule has 0 saturated carbocycles. The largest absolute Gasteiger partial charge is 0.444 e. The summed E-state index contributed by atoms with van der Waals surface area (Å²) in [6, 6.07) is 0.